The lowest BCUT2D eigenvalue weighted by atomic mass is 10.1. The summed E-state index contributed by atoms with van der Waals surface area (Å²) >= 11 is 0. The average molecular weight is 319 g/mol. The Labute approximate surface area is 129 Å². The summed E-state index contributed by atoms with van der Waals surface area (Å²) in [7, 11) is -3.27. The van der Waals surface area contributed by atoms with Crippen LogP contribution in [0.15, 0.2) is 42.7 Å². The summed E-state index contributed by atoms with van der Waals surface area (Å²) in [6.45, 7) is 0.637. The molecule has 0 saturated carbocycles. The molecule has 1 aliphatic heterocycles. The molecule has 3 rings (SSSR count). The quantitative estimate of drug-likeness (QED) is 0.907. The highest BCUT2D eigenvalue weighted by Gasteiger charge is 2.32. The van der Waals surface area contributed by atoms with Crippen LogP contribution in [0.5, 0.6) is 0 Å². The monoisotopic (exact) mass is 319 g/mol. The molecule has 1 atom stereocenters. The normalized spacial score (nSPS) is 21.3. The highest BCUT2D eigenvalue weighted by atomic mass is 32.2. The Balaban J connectivity index is 1.82. The van der Waals surface area contributed by atoms with Gasteiger partial charge in [-0.25, -0.2) is 8.42 Å². The molecule has 1 aromatic heterocycles. The number of aromatic amines is 1. The van der Waals surface area contributed by atoms with Crippen molar-refractivity contribution < 1.29 is 13.2 Å². The van der Waals surface area contributed by atoms with Crippen molar-refractivity contribution in [3.63, 3.8) is 0 Å². The minimum Gasteiger partial charge on any atom is -0.337 e. The molecular formula is C15H17N3O3S. The first-order valence-corrected chi connectivity index (χ1v) is 8.84. The number of H-pyrrole nitrogens is 1. The number of hydrogen-bond acceptors (Lipinski definition) is 4. The van der Waals surface area contributed by atoms with Gasteiger partial charge in [0.25, 0.3) is 5.91 Å². The van der Waals surface area contributed by atoms with Crippen LogP contribution >= 0.6 is 0 Å². The second kappa shape index (κ2) is 5.92. The van der Waals surface area contributed by atoms with Crippen LogP contribution in [0.1, 0.15) is 27.6 Å². The number of sulfone groups is 1. The van der Waals surface area contributed by atoms with Crippen molar-refractivity contribution >= 4 is 15.7 Å². The van der Waals surface area contributed by atoms with Crippen LogP contribution in [0.4, 0.5) is 0 Å². The Morgan fingerprint density at radius 1 is 1.23 bits per heavy atom. The van der Waals surface area contributed by atoms with Crippen molar-refractivity contribution in [2.24, 2.45) is 0 Å². The van der Waals surface area contributed by atoms with Gasteiger partial charge in [0.2, 0.25) is 0 Å². The van der Waals surface area contributed by atoms with Gasteiger partial charge in [-0.3, -0.25) is 9.89 Å². The van der Waals surface area contributed by atoms with Crippen LogP contribution in [0, 0.1) is 0 Å². The third-order valence-electron chi connectivity index (χ3n) is 3.94. The summed E-state index contributed by atoms with van der Waals surface area (Å²) < 4.78 is 25.0. The van der Waals surface area contributed by atoms with Crippen molar-refractivity contribution in [1.29, 1.82) is 0 Å². The van der Waals surface area contributed by atoms with E-state index in [-0.39, 0.29) is 18.2 Å². The fourth-order valence-corrected chi connectivity index (χ4v) is 4.54. The van der Waals surface area contributed by atoms with Gasteiger partial charge in [-0.2, -0.15) is 5.10 Å². The van der Waals surface area contributed by atoms with Crippen molar-refractivity contribution in [2.45, 2.75) is 11.7 Å². The molecule has 1 saturated heterocycles. The van der Waals surface area contributed by atoms with Crippen molar-refractivity contribution in [1.82, 2.24) is 15.1 Å². The van der Waals surface area contributed by atoms with Crippen molar-refractivity contribution in [3.05, 3.63) is 53.9 Å². The standard InChI is InChI=1S/C15H17N3O3S/c19-15(13-10-16-17-11-13)18-7-6-14(22(20,21)9-8-18)12-4-2-1-3-5-12/h1-5,10-11,14H,6-9H2,(H,16,17)/t14-/m0/s1. The molecule has 116 valence electrons. The van der Waals surface area contributed by atoms with E-state index >= 15 is 0 Å². The molecule has 1 aromatic carbocycles. The second-order valence-electron chi connectivity index (χ2n) is 5.33. The number of carbonyl (C=O) groups is 1. The zero-order valence-corrected chi connectivity index (χ0v) is 12.8. The second-order valence-corrected chi connectivity index (χ2v) is 7.64. The van der Waals surface area contributed by atoms with Gasteiger partial charge < -0.3 is 4.90 Å². The van der Waals surface area contributed by atoms with E-state index in [1.807, 2.05) is 30.3 Å². The maximum absolute atomic E-state index is 12.5. The number of nitrogens with one attached hydrogen (secondary N) is 1. The zero-order valence-electron chi connectivity index (χ0n) is 12.0. The van der Waals surface area contributed by atoms with Crippen LogP contribution in [0.2, 0.25) is 0 Å². The van der Waals surface area contributed by atoms with Gasteiger partial charge >= 0.3 is 0 Å². The van der Waals surface area contributed by atoms with E-state index in [2.05, 4.69) is 10.2 Å². The van der Waals surface area contributed by atoms with Gasteiger partial charge in [-0.15, -0.1) is 0 Å². The Hall–Kier alpha value is -2.15. The molecule has 6 nitrogen and oxygen atoms in total. The van der Waals surface area contributed by atoms with Gasteiger partial charge in [0.05, 0.1) is 22.8 Å². The number of nitrogens with zero attached hydrogens (tertiary/aromatic N) is 2. The van der Waals surface area contributed by atoms with Crippen LogP contribution in [0.3, 0.4) is 0 Å². The van der Waals surface area contributed by atoms with Gasteiger partial charge in [0, 0.05) is 19.3 Å². The molecule has 0 unspecified atom stereocenters. The highest BCUT2D eigenvalue weighted by molar-refractivity contribution is 7.91. The summed E-state index contributed by atoms with van der Waals surface area (Å²) in [5.74, 6) is -0.200. The molecule has 1 N–H and O–H groups in total. The first kappa shape index (κ1) is 14.8. The third-order valence-corrected chi connectivity index (χ3v) is 6.07. The lowest BCUT2D eigenvalue weighted by Gasteiger charge is -2.19. The van der Waals surface area contributed by atoms with Gasteiger partial charge in [0.15, 0.2) is 9.84 Å². The largest absolute Gasteiger partial charge is 0.337 e. The maximum atomic E-state index is 12.5. The number of amides is 1. The predicted octanol–water partition coefficient (Wildman–Crippen LogP) is 1.41. The number of carbonyl (C=O) groups excluding carboxylic acids is 1. The van der Waals surface area contributed by atoms with Crippen molar-refractivity contribution in [2.75, 3.05) is 18.8 Å². The molecule has 0 aliphatic carbocycles. The maximum Gasteiger partial charge on any atom is 0.257 e. The SMILES string of the molecule is O=C(c1cn[nH]c1)N1CC[C@@H](c2ccccc2)S(=O)(=O)CC1. The Kier molecular flexibility index (Phi) is 3.98. The van der Waals surface area contributed by atoms with E-state index in [0.717, 1.165) is 5.56 Å². The summed E-state index contributed by atoms with van der Waals surface area (Å²) in [5, 5.41) is 5.82. The lowest BCUT2D eigenvalue weighted by molar-refractivity contribution is 0.0766. The van der Waals surface area contributed by atoms with Crippen LogP contribution in [0.25, 0.3) is 0 Å². The minimum absolute atomic E-state index is 0.0177. The molecule has 2 aromatic rings. The Morgan fingerprint density at radius 3 is 2.68 bits per heavy atom. The number of hydrogen-bond donors (Lipinski definition) is 1. The van der Waals surface area contributed by atoms with E-state index in [1.165, 1.54) is 12.4 Å². The van der Waals surface area contributed by atoms with E-state index in [1.54, 1.807) is 4.90 Å². The molecule has 1 aliphatic rings. The molecule has 1 fully saturated rings. The molecular weight excluding hydrogens is 302 g/mol. The predicted molar refractivity (Wildman–Crippen MR) is 82.1 cm³/mol. The van der Waals surface area contributed by atoms with E-state index in [4.69, 9.17) is 0 Å². The van der Waals surface area contributed by atoms with Crippen LogP contribution < -0.4 is 0 Å². The topological polar surface area (TPSA) is 83.1 Å². The molecule has 22 heavy (non-hydrogen) atoms. The first-order chi connectivity index (χ1) is 10.6. The summed E-state index contributed by atoms with van der Waals surface area (Å²) in [5.41, 5.74) is 1.25. The van der Waals surface area contributed by atoms with Gasteiger partial charge in [-0.1, -0.05) is 30.3 Å². The first-order valence-electron chi connectivity index (χ1n) is 7.12. The summed E-state index contributed by atoms with van der Waals surface area (Å²) in [4.78, 5) is 13.9. The lowest BCUT2D eigenvalue weighted by Crippen LogP contribution is -2.33. The third kappa shape index (κ3) is 2.89. The molecule has 1 amide bonds. The van der Waals surface area contributed by atoms with Gasteiger partial charge in [-0.05, 0) is 12.0 Å². The van der Waals surface area contributed by atoms with E-state index < -0.39 is 15.1 Å². The fourth-order valence-electron chi connectivity index (χ4n) is 2.74. The van der Waals surface area contributed by atoms with Crippen LogP contribution in [-0.4, -0.2) is 48.3 Å². The minimum atomic E-state index is -3.27. The highest BCUT2D eigenvalue weighted by Crippen LogP contribution is 2.29. The smallest absolute Gasteiger partial charge is 0.257 e. The summed E-state index contributed by atoms with van der Waals surface area (Å²) in [6.07, 6.45) is 3.39. The molecule has 7 heteroatoms. The van der Waals surface area contributed by atoms with Crippen LogP contribution in [-0.2, 0) is 9.84 Å². The average Bonchev–Trinajstić information content (AvgIpc) is 3.00. The zero-order chi connectivity index (χ0) is 15.6. The van der Waals surface area contributed by atoms with Gasteiger partial charge in [0.1, 0.15) is 0 Å². The molecule has 0 bridgehead atoms. The molecule has 2 heterocycles. The number of rotatable bonds is 2. The van der Waals surface area contributed by atoms with E-state index in [9.17, 15) is 13.2 Å². The Bertz CT molecular complexity index is 742. The summed E-state index contributed by atoms with van der Waals surface area (Å²) in [6, 6.07) is 9.20. The Morgan fingerprint density at radius 2 is 2.00 bits per heavy atom. The molecule has 0 spiro atoms. The fraction of sp³-hybridized carbons (Fsp3) is 0.333. The van der Waals surface area contributed by atoms with Crippen molar-refractivity contribution in [3.8, 4) is 0 Å². The van der Waals surface area contributed by atoms with E-state index in [0.29, 0.717) is 18.5 Å². The molecule has 0 radical (unpaired) electrons. The number of aromatic nitrogens is 2. The number of benzene rings is 1.